The molecule has 0 radical (unpaired) electrons. The van der Waals surface area contributed by atoms with Crippen molar-refractivity contribution in [3.8, 4) is 0 Å². The summed E-state index contributed by atoms with van der Waals surface area (Å²) in [6, 6.07) is 4.28. The summed E-state index contributed by atoms with van der Waals surface area (Å²) in [6.07, 6.45) is 12.6. The van der Waals surface area contributed by atoms with E-state index in [0.717, 1.165) is 57.8 Å². The van der Waals surface area contributed by atoms with E-state index in [4.69, 9.17) is 10.8 Å². The fraction of sp³-hybridized carbons (Fsp3) is 0.690. The zero-order valence-electron chi connectivity index (χ0n) is 22.7. The third-order valence-corrected chi connectivity index (χ3v) is 10.3. The first kappa shape index (κ1) is 28.0. The standard InChI is InChI=1S/C29H42N4O5/c1-28-16-13-23(29(2)15-4-3-7-26(29)34)21(22(28)11-9-19(28)6-5-8-27(35)36)14-17-31-32-25-12-10-20(33(37)38)18-24(25)30/h10,12,17-19,21-23,32H,3-9,11,13-16,30H2,1-2H3,(H,35,36)/t19-,21?,22?,23?,28+,29+/m0/s1. The molecule has 0 aliphatic heterocycles. The molecule has 208 valence electrons. The lowest BCUT2D eigenvalue weighted by atomic mass is 9.50. The lowest BCUT2D eigenvalue weighted by Crippen LogP contribution is -2.50. The first-order valence-corrected chi connectivity index (χ1v) is 14.1. The number of nitrogens with two attached hydrogens (primary N) is 1. The molecular formula is C29H42N4O5. The number of Topliss-reactive ketones (excluding diaryl/α,β-unsaturated/α-hetero) is 1. The number of hydrazone groups is 1. The van der Waals surface area contributed by atoms with Crippen molar-refractivity contribution in [3.05, 3.63) is 28.3 Å². The summed E-state index contributed by atoms with van der Waals surface area (Å²) in [4.78, 5) is 34.9. The molecule has 4 rings (SSSR count). The first-order valence-electron chi connectivity index (χ1n) is 14.1. The fourth-order valence-corrected chi connectivity index (χ4v) is 8.14. The molecule has 3 aliphatic carbocycles. The second-order valence-electron chi connectivity index (χ2n) is 12.2. The number of hydrogen-bond acceptors (Lipinski definition) is 7. The average Bonchev–Trinajstić information content (AvgIpc) is 3.20. The number of nitrogen functional groups attached to an aromatic ring is 1. The molecule has 1 aromatic carbocycles. The van der Waals surface area contributed by atoms with E-state index in [9.17, 15) is 19.7 Å². The van der Waals surface area contributed by atoms with Gasteiger partial charge < -0.3 is 10.8 Å². The Kier molecular flexibility index (Phi) is 8.43. The Morgan fingerprint density at radius 1 is 1.24 bits per heavy atom. The number of aliphatic carboxylic acids is 1. The zero-order valence-corrected chi connectivity index (χ0v) is 22.7. The van der Waals surface area contributed by atoms with Crippen molar-refractivity contribution in [3.63, 3.8) is 0 Å². The highest BCUT2D eigenvalue weighted by molar-refractivity contribution is 5.85. The van der Waals surface area contributed by atoms with E-state index in [1.165, 1.54) is 12.1 Å². The van der Waals surface area contributed by atoms with Gasteiger partial charge in [-0.25, -0.2) is 0 Å². The maximum Gasteiger partial charge on any atom is 0.303 e. The number of non-ortho nitro benzene ring substituents is 1. The van der Waals surface area contributed by atoms with Crippen molar-refractivity contribution in [2.24, 2.45) is 39.6 Å². The highest BCUT2D eigenvalue weighted by Gasteiger charge is 2.57. The molecule has 3 saturated carbocycles. The van der Waals surface area contributed by atoms with Gasteiger partial charge in [0.25, 0.3) is 5.69 Å². The third kappa shape index (κ3) is 5.57. The van der Waals surface area contributed by atoms with Crippen LogP contribution in [0.4, 0.5) is 17.1 Å². The number of nitrogens with one attached hydrogen (secondary N) is 1. The smallest absolute Gasteiger partial charge is 0.303 e. The number of ketones is 1. The van der Waals surface area contributed by atoms with Gasteiger partial charge in [0.1, 0.15) is 5.78 Å². The normalized spacial score (nSPS) is 33.3. The van der Waals surface area contributed by atoms with Crippen LogP contribution in [0.15, 0.2) is 23.3 Å². The summed E-state index contributed by atoms with van der Waals surface area (Å²) in [7, 11) is 0. The number of hydrogen-bond donors (Lipinski definition) is 3. The SMILES string of the molecule is C[C@]1(C2CC[C@@]3(C)C(CC[C@@H]3CCCC(=O)O)C2CC=NNc2ccc([N+](=O)[O-])cc2N)CCCCC1=O. The lowest BCUT2D eigenvalue weighted by Gasteiger charge is -2.54. The topological polar surface area (TPSA) is 148 Å². The first-order chi connectivity index (χ1) is 18.1. The predicted molar refractivity (Wildman–Crippen MR) is 148 cm³/mol. The molecule has 0 aromatic heterocycles. The van der Waals surface area contributed by atoms with Crippen LogP contribution < -0.4 is 11.2 Å². The van der Waals surface area contributed by atoms with E-state index in [1.54, 1.807) is 6.07 Å². The minimum Gasteiger partial charge on any atom is -0.481 e. The van der Waals surface area contributed by atoms with Crippen LogP contribution in [-0.2, 0) is 9.59 Å². The summed E-state index contributed by atoms with van der Waals surface area (Å²) in [5.74, 6) is 1.30. The molecule has 0 amide bonds. The highest BCUT2D eigenvalue weighted by Crippen LogP contribution is 2.64. The van der Waals surface area contributed by atoms with Crippen LogP contribution in [0.3, 0.4) is 0 Å². The molecule has 0 heterocycles. The molecule has 0 bridgehead atoms. The Bertz CT molecular complexity index is 1090. The molecule has 3 unspecified atom stereocenters. The molecule has 9 nitrogen and oxygen atoms in total. The minimum atomic E-state index is -0.729. The summed E-state index contributed by atoms with van der Waals surface area (Å²) in [5.41, 5.74) is 9.50. The number of carboxylic acid groups (broad SMARTS) is 1. The number of carbonyl (C=O) groups excluding carboxylic acids is 1. The number of rotatable bonds is 10. The zero-order chi connectivity index (χ0) is 27.5. The monoisotopic (exact) mass is 526 g/mol. The summed E-state index contributed by atoms with van der Waals surface area (Å²) in [6.45, 7) is 4.60. The quantitative estimate of drug-likeness (QED) is 0.138. The summed E-state index contributed by atoms with van der Waals surface area (Å²) >= 11 is 0. The Hall–Kier alpha value is -2.97. The van der Waals surface area contributed by atoms with Crippen LogP contribution in [-0.4, -0.2) is 28.0 Å². The molecule has 0 saturated heterocycles. The number of carbonyl (C=O) groups is 2. The maximum atomic E-state index is 13.3. The number of benzene rings is 1. The van der Waals surface area contributed by atoms with Crippen molar-refractivity contribution in [1.29, 1.82) is 0 Å². The van der Waals surface area contributed by atoms with Crippen LogP contribution in [0, 0.1) is 44.6 Å². The van der Waals surface area contributed by atoms with Crippen LogP contribution in [0.2, 0.25) is 0 Å². The molecule has 4 N–H and O–H groups in total. The fourth-order valence-electron chi connectivity index (χ4n) is 8.14. The number of nitro groups is 1. The summed E-state index contributed by atoms with van der Waals surface area (Å²) < 4.78 is 0. The Morgan fingerprint density at radius 2 is 2.03 bits per heavy atom. The van der Waals surface area contributed by atoms with Gasteiger partial charge in [0.15, 0.2) is 0 Å². The number of nitrogens with zero attached hydrogens (tertiary/aromatic N) is 2. The van der Waals surface area contributed by atoms with Gasteiger partial charge in [-0.2, -0.15) is 5.10 Å². The van der Waals surface area contributed by atoms with E-state index in [0.29, 0.717) is 48.0 Å². The molecule has 6 atom stereocenters. The van der Waals surface area contributed by atoms with E-state index in [1.807, 2.05) is 6.21 Å². The van der Waals surface area contributed by atoms with Crippen molar-refractivity contribution in [1.82, 2.24) is 0 Å². The number of carboxylic acids is 1. The van der Waals surface area contributed by atoms with Gasteiger partial charge in [0, 0.05) is 36.6 Å². The molecular weight excluding hydrogens is 484 g/mol. The predicted octanol–water partition coefficient (Wildman–Crippen LogP) is 6.43. The Morgan fingerprint density at radius 3 is 2.71 bits per heavy atom. The lowest BCUT2D eigenvalue weighted by molar-refractivity contribution is -0.384. The number of anilines is 2. The Labute approximate surface area is 224 Å². The van der Waals surface area contributed by atoms with Crippen LogP contribution >= 0.6 is 0 Å². The van der Waals surface area contributed by atoms with Gasteiger partial charge in [-0.15, -0.1) is 0 Å². The van der Waals surface area contributed by atoms with Gasteiger partial charge in [-0.3, -0.25) is 25.1 Å². The van der Waals surface area contributed by atoms with Gasteiger partial charge >= 0.3 is 5.97 Å². The third-order valence-electron chi connectivity index (χ3n) is 10.3. The Balaban J connectivity index is 1.52. The van der Waals surface area contributed by atoms with Gasteiger partial charge in [0.2, 0.25) is 0 Å². The second kappa shape index (κ2) is 11.4. The van der Waals surface area contributed by atoms with Crippen LogP contribution in [0.25, 0.3) is 0 Å². The van der Waals surface area contributed by atoms with Crippen molar-refractivity contribution in [2.45, 2.75) is 90.9 Å². The molecule has 38 heavy (non-hydrogen) atoms. The van der Waals surface area contributed by atoms with Crippen LogP contribution in [0.5, 0.6) is 0 Å². The van der Waals surface area contributed by atoms with Crippen molar-refractivity contribution < 1.29 is 19.6 Å². The maximum absolute atomic E-state index is 13.3. The number of fused-ring (bicyclic) bond motifs is 1. The van der Waals surface area contributed by atoms with E-state index in [-0.39, 0.29) is 28.6 Å². The van der Waals surface area contributed by atoms with Gasteiger partial charge in [-0.05, 0) is 92.9 Å². The van der Waals surface area contributed by atoms with Crippen molar-refractivity contribution in [2.75, 3.05) is 11.2 Å². The average molecular weight is 527 g/mol. The van der Waals surface area contributed by atoms with E-state index < -0.39 is 10.9 Å². The summed E-state index contributed by atoms with van der Waals surface area (Å²) in [5, 5.41) is 24.6. The number of nitro benzene ring substituents is 1. The second-order valence-corrected chi connectivity index (χ2v) is 12.2. The minimum absolute atomic E-state index is 0.0640. The van der Waals surface area contributed by atoms with Gasteiger partial charge in [0.05, 0.1) is 16.3 Å². The van der Waals surface area contributed by atoms with Gasteiger partial charge in [-0.1, -0.05) is 20.3 Å². The highest BCUT2D eigenvalue weighted by atomic mass is 16.6. The van der Waals surface area contributed by atoms with E-state index in [2.05, 4.69) is 24.4 Å². The molecule has 1 aromatic rings. The molecule has 9 heteroatoms. The van der Waals surface area contributed by atoms with Crippen molar-refractivity contribution >= 4 is 35.0 Å². The molecule has 3 fully saturated rings. The molecule has 3 aliphatic rings. The van der Waals surface area contributed by atoms with E-state index >= 15 is 0 Å². The van der Waals surface area contributed by atoms with Crippen LogP contribution in [0.1, 0.15) is 90.9 Å². The molecule has 0 spiro atoms. The largest absolute Gasteiger partial charge is 0.481 e.